The van der Waals surface area contributed by atoms with Crippen LogP contribution >= 0.6 is 11.3 Å². The van der Waals surface area contributed by atoms with Gasteiger partial charge in [0.15, 0.2) is 11.5 Å². The molecule has 1 saturated heterocycles. The van der Waals surface area contributed by atoms with Crippen LogP contribution in [0.5, 0.6) is 11.5 Å². The monoisotopic (exact) mass is 475 g/mol. The summed E-state index contributed by atoms with van der Waals surface area (Å²) in [4.78, 5) is 41.3. The molecule has 0 aliphatic carbocycles. The van der Waals surface area contributed by atoms with Gasteiger partial charge in [0.1, 0.15) is 6.04 Å². The van der Waals surface area contributed by atoms with Crippen LogP contribution in [0, 0.1) is 0 Å². The van der Waals surface area contributed by atoms with Crippen LogP contribution in [0.3, 0.4) is 0 Å². The third-order valence-electron chi connectivity index (χ3n) is 6.46. The van der Waals surface area contributed by atoms with Crippen LogP contribution in [-0.4, -0.2) is 48.0 Å². The van der Waals surface area contributed by atoms with Crippen LogP contribution in [0.4, 0.5) is 5.69 Å². The van der Waals surface area contributed by atoms with Gasteiger partial charge in [0.25, 0.3) is 11.8 Å². The zero-order valence-corrected chi connectivity index (χ0v) is 18.9. The van der Waals surface area contributed by atoms with E-state index in [9.17, 15) is 14.4 Å². The first-order chi connectivity index (χ1) is 16.6. The molecule has 34 heavy (non-hydrogen) atoms. The number of hydrogen-bond acceptors (Lipinski definition) is 6. The summed E-state index contributed by atoms with van der Waals surface area (Å²) in [5.74, 6) is 0.782. The number of carbonyl (C=O) groups excluding carboxylic acids is 3. The lowest BCUT2D eigenvalue weighted by Crippen LogP contribution is -2.54. The lowest BCUT2D eigenvalue weighted by atomic mass is 9.95. The molecular weight excluding hydrogens is 454 g/mol. The summed E-state index contributed by atoms with van der Waals surface area (Å²) in [6.07, 6.45) is 0.960. The Morgan fingerprint density at radius 3 is 2.74 bits per heavy atom. The van der Waals surface area contributed by atoms with Crippen molar-refractivity contribution in [2.45, 2.75) is 24.9 Å². The number of benzene rings is 2. The molecule has 3 aliphatic rings. The van der Waals surface area contributed by atoms with E-state index in [1.807, 2.05) is 41.8 Å². The average Bonchev–Trinajstić information content (AvgIpc) is 3.54. The number of nitrogens with one attached hydrogen (secondary N) is 2. The maximum atomic E-state index is 13.5. The van der Waals surface area contributed by atoms with Crippen molar-refractivity contribution in [1.82, 2.24) is 10.2 Å². The number of ether oxygens (including phenoxy) is 2. The van der Waals surface area contributed by atoms with Crippen LogP contribution in [-0.2, 0) is 4.79 Å². The number of nitrogens with zero attached hydrogens (tertiary/aromatic N) is 1. The molecule has 0 saturated carbocycles. The van der Waals surface area contributed by atoms with Crippen molar-refractivity contribution in [3.05, 3.63) is 64.4 Å². The summed E-state index contributed by atoms with van der Waals surface area (Å²) >= 11 is 1.37. The number of carbonyl (C=O) groups is 3. The van der Waals surface area contributed by atoms with Crippen molar-refractivity contribution >= 4 is 34.7 Å². The van der Waals surface area contributed by atoms with Crippen molar-refractivity contribution < 1.29 is 23.9 Å². The predicted molar refractivity (Wildman–Crippen MR) is 126 cm³/mol. The molecule has 2 unspecified atom stereocenters. The van der Waals surface area contributed by atoms with E-state index in [1.165, 1.54) is 11.3 Å². The Balaban J connectivity index is 1.25. The molecule has 3 amide bonds. The van der Waals surface area contributed by atoms with E-state index in [4.69, 9.17) is 9.47 Å². The summed E-state index contributed by atoms with van der Waals surface area (Å²) < 4.78 is 10.9. The van der Waals surface area contributed by atoms with Gasteiger partial charge in [-0.15, -0.1) is 11.3 Å². The molecule has 1 aromatic heterocycles. The molecule has 0 bridgehead atoms. The normalized spacial score (nSPS) is 20.8. The first-order valence-corrected chi connectivity index (χ1v) is 11.9. The Morgan fingerprint density at radius 1 is 1.06 bits per heavy atom. The Hall–Kier alpha value is -3.85. The number of rotatable bonds is 3. The lowest BCUT2D eigenvalue weighted by Gasteiger charge is -2.37. The van der Waals surface area contributed by atoms with Gasteiger partial charge in [-0.05, 0) is 59.7 Å². The van der Waals surface area contributed by atoms with E-state index in [2.05, 4.69) is 10.6 Å². The maximum Gasteiger partial charge on any atom is 0.261 e. The maximum absolute atomic E-state index is 13.5. The van der Waals surface area contributed by atoms with Gasteiger partial charge in [0, 0.05) is 12.6 Å². The van der Waals surface area contributed by atoms with Gasteiger partial charge in [-0.1, -0.05) is 18.2 Å². The topological polar surface area (TPSA) is 97.0 Å². The second kappa shape index (κ2) is 8.18. The van der Waals surface area contributed by atoms with Crippen LogP contribution in [0.25, 0.3) is 11.1 Å². The molecule has 8 nitrogen and oxygen atoms in total. The first-order valence-electron chi connectivity index (χ1n) is 11.1. The van der Waals surface area contributed by atoms with E-state index in [-0.39, 0.29) is 30.6 Å². The number of amides is 3. The number of fused-ring (bicyclic) bond motifs is 3. The molecule has 2 aromatic carbocycles. The van der Waals surface area contributed by atoms with Gasteiger partial charge in [0.05, 0.1) is 16.1 Å². The lowest BCUT2D eigenvalue weighted by molar-refractivity contribution is -0.121. The van der Waals surface area contributed by atoms with E-state index < -0.39 is 6.04 Å². The Morgan fingerprint density at radius 2 is 1.88 bits per heavy atom. The Kier molecular flexibility index (Phi) is 4.99. The second-order valence-electron chi connectivity index (χ2n) is 8.50. The average molecular weight is 476 g/mol. The van der Waals surface area contributed by atoms with Crippen molar-refractivity contribution in [3.8, 4) is 22.6 Å². The highest BCUT2D eigenvalue weighted by Crippen LogP contribution is 2.37. The molecule has 6 rings (SSSR count). The van der Waals surface area contributed by atoms with Gasteiger partial charge in [-0.25, -0.2) is 0 Å². The third-order valence-corrected chi connectivity index (χ3v) is 7.33. The van der Waals surface area contributed by atoms with Crippen LogP contribution in [0.1, 0.15) is 32.9 Å². The van der Waals surface area contributed by atoms with Crippen molar-refractivity contribution in [1.29, 1.82) is 0 Å². The van der Waals surface area contributed by atoms with Crippen molar-refractivity contribution in [3.63, 3.8) is 0 Å². The van der Waals surface area contributed by atoms with Crippen molar-refractivity contribution in [2.24, 2.45) is 0 Å². The van der Waals surface area contributed by atoms with Crippen LogP contribution in [0.15, 0.2) is 53.9 Å². The summed E-state index contributed by atoms with van der Waals surface area (Å²) in [7, 11) is 0. The molecule has 0 spiro atoms. The minimum atomic E-state index is -0.642. The fourth-order valence-electron chi connectivity index (χ4n) is 4.71. The molecule has 172 valence electrons. The van der Waals surface area contributed by atoms with E-state index >= 15 is 0 Å². The predicted octanol–water partition coefficient (Wildman–Crippen LogP) is 3.50. The van der Waals surface area contributed by atoms with Crippen LogP contribution < -0.4 is 20.1 Å². The van der Waals surface area contributed by atoms with Gasteiger partial charge < -0.3 is 25.0 Å². The first kappa shape index (κ1) is 20.7. The van der Waals surface area contributed by atoms with Gasteiger partial charge in [0.2, 0.25) is 12.7 Å². The van der Waals surface area contributed by atoms with Crippen molar-refractivity contribution in [2.75, 3.05) is 18.7 Å². The summed E-state index contributed by atoms with van der Waals surface area (Å²) in [6, 6.07) is 13.9. The minimum Gasteiger partial charge on any atom is -0.454 e. The standard InChI is InChI=1S/C25H21N3O5S/c29-23-19-12-16(26-24(30)22-2-1-9-34-22)7-8-28(19)25(31)17-10-14(3-5-18(17)27-23)15-4-6-20-21(11-15)33-13-32-20/h1-6,9-11,16,19H,7-8,12-13H2,(H,26,30)(H,27,29). The molecule has 3 aliphatic heterocycles. The highest BCUT2D eigenvalue weighted by molar-refractivity contribution is 7.12. The van der Waals surface area contributed by atoms with Gasteiger partial charge >= 0.3 is 0 Å². The number of thiophene rings is 1. The highest BCUT2D eigenvalue weighted by Gasteiger charge is 2.40. The van der Waals surface area contributed by atoms with E-state index in [0.29, 0.717) is 47.0 Å². The molecule has 0 radical (unpaired) electrons. The number of hydrogen-bond donors (Lipinski definition) is 2. The molecule has 1 fully saturated rings. The number of anilines is 1. The molecular formula is C25H21N3O5S. The molecule has 9 heteroatoms. The second-order valence-corrected chi connectivity index (χ2v) is 9.45. The molecule has 4 heterocycles. The smallest absolute Gasteiger partial charge is 0.261 e. The SMILES string of the molecule is O=C(NC1CCN2C(=O)c3cc(-c4ccc5c(c4)OCO5)ccc3NC(=O)C2C1)c1cccs1. The third kappa shape index (κ3) is 3.58. The Bertz CT molecular complexity index is 1310. The fraction of sp³-hybridized carbons (Fsp3) is 0.240. The molecule has 2 atom stereocenters. The zero-order chi connectivity index (χ0) is 23.2. The quantitative estimate of drug-likeness (QED) is 0.605. The Labute approximate surface area is 199 Å². The summed E-state index contributed by atoms with van der Waals surface area (Å²) in [5, 5.41) is 7.78. The fourth-order valence-corrected chi connectivity index (χ4v) is 5.34. The zero-order valence-electron chi connectivity index (χ0n) is 18.1. The highest BCUT2D eigenvalue weighted by atomic mass is 32.1. The summed E-state index contributed by atoms with van der Waals surface area (Å²) in [5.41, 5.74) is 2.68. The van der Waals surface area contributed by atoms with Gasteiger partial charge in [-0.3, -0.25) is 14.4 Å². The summed E-state index contributed by atoms with van der Waals surface area (Å²) in [6.45, 7) is 0.582. The molecule has 2 N–H and O–H groups in total. The molecule has 3 aromatic rings. The van der Waals surface area contributed by atoms with E-state index in [1.54, 1.807) is 17.0 Å². The van der Waals surface area contributed by atoms with Gasteiger partial charge in [-0.2, -0.15) is 0 Å². The largest absolute Gasteiger partial charge is 0.454 e. The minimum absolute atomic E-state index is 0.148. The van der Waals surface area contributed by atoms with E-state index in [0.717, 1.165) is 11.1 Å². The van der Waals surface area contributed by atoms with Crippen LogP contribution in [0.2, 0.25) is 0 Å². The number of piperidine rings is 1.